The first-order valence-corrected chi connectivity index (χ1v) is 20.8. The highest BCUT2D eigenvalue weighted by Gasteiger charge is 2.53. The molecular formula is C43H63N5O12. The van der Waals surface area contributed by atoms with Crippen molar-refractivity contribution < 1.29 is 57.6 Å². The number of aromatic nitrogens is 2. The topological polar surface area (TPSA) is 214 Å². The summed E-state index contributed by atoms with van der Waals surface area (Å²) in [5, 5.41) is 32.3. The fraction of sp³-hybridized carbons (Fsp3) is 0.698. The van der Waals surface area contributed by atoms with Crippen LogP contribution in [0.4, 0.5) is 0 Å². The number of hydrogen-bond donors (Lipinski definition) is 2. The van der Waals surface area contributed by atoms with Gasteiger partial charge in [0.2, 0.25) is 5.91 Å². The molecule has 3 aliphatic rings. The van der Waals surface area contributed by atoms with E-state index >= 15 is 0 Å². The molecule has 0 spiro atoms. The van der Waals surface area contributed by atoms with Crippen molar-refractivity contribution in [2.45, 2.75) is 142 Å². The molecule has 5 rings (SSSR count). The molecule has 0 aliphatic carbocycles. The summed E-state index contributed by atoms with van der Waals surface area (Å²) in [5.74, 6) is -4.81. The van der Waals surface area contributed by atoms with Crippen LogP contribution in [0.2, 0.25) is 0 Å². The highest BCUT2D eigenvalue weighted by molar-refractivity contribution is 6.00. The van der Waals surface area contributed by atoms with Gasteiger partial charge in [0.15, 0.2) is 24.4 Å². The van der Waals surface area contributed by atoms with E-state index in [0.717, 1.165) is 5.56 Å². The van der Waals surface area contributed by atoms with E-state index in [1.165, 1.54) is 20.8 Å². The molecule has 3 saturated heterocycles. The number of aliphatic hydroxyl groups is 2. The summed E-state index contributed by atoms with van der Waals surface area (Å²) < 4.78 is 37.6. The number of ether oxygens (including phenoxy) is 5. The van der Waals surface area contributed by atoms with Crippen molar-refractivity contribution in [1.82, 2.24) is 15.0 Å². The minimum Gasteiger partial charge on any atom is -0.459 e. The zero-order valence-electron chi connectivity index (χ0n) is 36.7. The average molecular weight is 842 g/mol. The number of hydrogen-bond acceptors (Lipinski definition) is 16. The maximum Gasteiger partial charge on any atom is 0.316 e. The van der Waals surface area contributed by atoms with Crippen LogP contribution in [0.3, 0.4) is 0 Å². The predicted molar refractivity (Wildman–Crippen MR) is 219 cm³/mol. The van der Waals surface area contributed by atoms with Gasteiger partial charge >= 0.3 is 5.97 Å². The Morgan fingerprint density at radius 1 is 1.07 bits per heavy atom. The minimum absolute atomic E-state index is 0.0212. The fourth-order valence-corrected chi connectivity index (χ4v) is 8.82. The van der Waals surface area contributed by atoms with Gasteiger partial charge in [-0.1, -0.05) is 38.0 Å². The first kappa shape index (κ1) is 47.1. The lowest BCUT2D eigenvalue weighted by Gasteiger charge is -2.47. The second-order valence-electron chi connectivity index (χ2n) is 17.2. The third kappa shape index (κ3) is 10.7. The van der Waals surface area contributed by atoms with Crippen LogP contribution in [-0.4, -0.2) is 136 Å². The van der Waals surface area contributed by atoms with Crippen LogP contribution in [0.15, 0.2) is 45.3 Å². The molecule has 17 nitrogen and oxygen atoms in total. The number of aliphatic imine (C=N–C) groups is 1. The molecule has 0 aromatic carbocycles. The summed E-state index contributed by atoms with van der Waals surface area (Å²) in [4.78, 5) is 57.9. The van der Waals surface area contributed by atoms with Crippen molar-refractivity contribution in [2.24, 2.45) is 33.8 Å². The van der Waals surface area contributed by atoms with Crippen LogP contribution >= 0.6 is 0 Å². The van der Waals surface area contributed by atoms with Gasteiger partial charge < -0.3 is 48.2 Å². The summed E-state index contributed by atoms with van der Waals surface area (Å²) in [6.07, 6.45) is -2.01. The van der Waals surface area contributed by atoms with E-state index in [4.69, 9.17) is 33.0 Å². The summed E-state index contributed by atoms with van der Waals surface area (Å²) in [6, 6.07) is 4.99. The SMILES string of the molecule is CC[C@H]1OC(=O)[C@H](C)C(=O)[C@H](C)[C@@H](OC2O[C@H](C)C[C@H](N(C)C)[C@H]2O)[C@@]2(C)C[C@@H](C)/C(=N\C(C)=O)[C@H](C)[C@@H](OC/C(=N\OCc3ccc(-c4ccno4)cn3)CO2)[C@]1(C)O. The lowest BCUT2D eigenvalue weighted by Crippen LogP contribution is -2.60. The Hall–Kier alpha value is -3.97. The number of ketones is 1. The van der Waals surface area contributed by atoms with Crippen molar-refractivity contribution in [2.75, 3.05) is 27.3 Å². The molecule has 1 unspecified atom stereocenters. The third-order valence-electron chi connectivity index (χ3n) is 12.1. The monoisotopic (exact) mass is 841 g/mol. The van der Waals surface area contributed by atoms with Crippen molar-refractivity contribution in [3.8, 4) is 11.3 Å². The molecule has 1 amide bonds. The molecule has 17 heteroatoms. The van der Waals surface area contributed by atoms with Crippen molar-refractivity contribution in [3.05, 3.63) is 36.3 Å². The Kier molecular flexibility index (Phi) is 15.6. The summed E-state index contributed by atoms with van der Waals surface area (Å²) in [6.45, 7) is 14.6. The van der Waals surface area contributed by atoms with E-state index in [9.17, 15) is 24.6 Å². The van der Waals surface area contributed by atoms with Gasteiger partial charge in [0.05, 0.1) is 49.0 Å². The summed E-state index contributed by atoms with van der Waals surface area (Å²) >= 11 is 0. The number of carbonyl (C=O) groups is 3. The van der Waals surface area contributed by atoms with E-state index in [1.54, 1.807) is 52.2 Å². The van der Waals surface area contributed by atoms with E-state index in [-0.39, 0.29) is 50.5 Å². The second kappa shape index (κ2) is 19.8. The van der Waals surface area contributed by atoms with E-state index in [2.05, 4.69) is 20.3 Å². The Labute approximate surface area is 352 Å². The molecule has 13 atom stereocenters. The minimum atomic E-state index is -1.86. The molecule has 5 heterocycles. The number of aliphatic hydroxyl groups excluding tert-OH is 1. The van der Waals surface area contributed by atoms with Gasteiger partial charge in [-0.25, -0.2) is 4.99 Å². The number of carbonyl (C=O) groups excluding carboxylic acids is 3. The molecule has 0 radical (unpaired) electrons. The standard InChI is InChI=1S/C43H63N5O12/c1-12-34-43(9,53)39-25(4)35(46-28(7)49)23(2)18-42(8,55-21-31(20-54-39)47-56-22-30-14-13-29(19-44-30)33-15-16-45-60-33)38(26(5)36(50)27(6)40(52)58-34)59-41-37(51)32(48(10)11)17-24(3)57-41/h13-16,19,23-27,32,34,37-39,41,51,53H,12,17-18,20-22H2,1-11H3/b46-35+,47-31+/t23-,24-,25+,26+,27-,32+,34-,37-,38-,39-,41?,42-,43-/m1/s1. The first-order valence-electron chi connectivity index (χ1n) is 20.8. The number of esters is 1. The first-order chi connectivity index (χ1) is 28.3. The Morgan fingerprint density at radius 3 is 2.42 bits per heavy atom. The normalized spacial score (nSPS) is 37.6. The van der Waals surface area contributed by atoms with Gasteiger partial charge in [-0.15, -0.1) is 0 Å². The smallest absolute Gasteiger partial charge is 0.316 e. The van der Waals surface area contributed by atoms with Gasteiger partial charge in [0.25, 0.3) is 0 Å². The fourth-order valence-electron chi connectivity index (χ4n) is 8.82. The van der Waals surface area contributed by atoms with Crippen LogP contribution in [0.1, 0.15) is 87.3 Å². The molecule has 3 fully saturated rings. The van der Waals surface area contributed by atoms with Crippen molar-refractivity contribution >= 4 is 29.1 Å². The lowest BCUT2D eigenvalue weighted by atomic mass is 9.73. The van der Waals surface area contributed by atoms with E-state index in [0.29, 0.717) is 23.6 Å². The van der Waals surface area contributed by atoms with Crippen LogP contribution < -0.4 is 0 Å². The van der Waals surface area contributed by atoms with Gasteiger partial charge in [0, 0.05) is 48.3 Å². The van der Waals surface area contributed by atoms with Gasteiger partial charge in [-0.05, 0) is 79.1 Å². The third-order valence-corrected chi connectivity index (χ3v) is 12.1. The molecule has 0 saturated carbocycles. The van der Waals surface area contributed by atoms with E-state index in [1.807, 2.05) is 38.9 Å². The molecule has 2 aromatic heterocycles. The van der Waals surface area contributed by atoms with E-state index < -0.39 is 83.2 Å². The summed E-state index contributed by atoms with van der Waals surface area (Å²) in [7, 11) is 3.72. The number of oxime groups is 1. The molecule has 2 N–H and O–H groups in total. The highest BCUT2D eigenvalue weighted by atomic mass is 16.7. The maximum atomic E-state index is 14.5. The molecule has 60 heavy (non-hydrogen) atoms. The zero-order valence-corrected chi connectivity index (χ0v) is 36.7. The molecule has 332 valence electrons. The molecule has 2 aromatic rings. The zero-order chi connectivity index (χ0) is 44.1. The number of likely N-dealkylation sites (N-methyl/N-ethyl adjacent to an activating group) is 1. The Balaban J connectivity index is 1.63. The lowest BCUT2D eigenvalue weighted by molar-refractivity contribution is -0.296. The molecule has 2 bridgehead atoms. The van der Waals surface area contributed by atoms with Gasteiger partial charge in [-0.3, -0.25) is 19.4 Å². The largest absolute Gasteiger partial charge is 0.459 e. The number of amides is 1. The number of pyridine rings is 1. The predicted octanol–water partition coefficient (Wildman–Crippen LogP) is 4.17. The van der Waals surface area contributed by atoms with Crippen LogP contribution in [0.5, 0.6) is 0 Å². The van der Waals surface area contributed by atoms with Gasteiger partial charge in [-0.2, -0.15) is 0 Å². The van der Waals surface area contributed by atoms with Crippen molar-refractivity contribution in [3.63, 3.8) is 0 Å². The van der Waals surface area contributed by atoms with Crippen LogP contribution in [-0.2, 0) is 49.5 Å². The number of nitrogens with zero attached hydrogens (tertiary/aromatic N) is 5. The molecule has 3 aliphatic heterocycles. The van der Waals surface area contributed by atoms with Crippen molar-refractivity contribution in [1.29, 1.82) is 0 Å². The highest BCUT2D eigenvalue weighted by Crippen LogP contribution is 2.40. The van der Waals surface area contributed by atoms with Crippen LogP contribution in [0.25, 0.3) is 11.3 Å². The quantitative estimate of drug-likeness (QED) is 0.217. The number of fused-ring (bicyclic) bond motifs is 5. The number of rotatable bonds is 8. The molecular weight excluding hydrogens is 778 g/mol. The maximum absolute atomic E-state index is 14.5. The number of cyclic esters (lactones) is 1. The van der Waals surface area contributed by atoms with Gasteiger partial charge in [0.1, 0.15) is 29.4 Å². The average Bonchev–Trinajstić information content (AvgIpc) is 3.74. The Morgan fingerprint density at radius 2 is 1.80 bits per heavy atom. The Bertz CT molecular complexity index is 1830. The number of Topliss-reactive ketones (excluding diaryl/α,β-unsaturated/α-hetero) is 1. The van der Waals surface area contributed by atoms with Crippen LogP contribution in [0, 0.1) is 23.7 Å². The summed E-state index contributed by atoms with van der Waals surface area (Å²) in [5.41, 5.74) is -1.30. The second-order valence-corrected chi connectivity index (χ2v) is 17.2.